The first-order chi connectivity index (χ1) is 8.61. The molecule has 2 rings (SSSR count). The van der Waals surface area contributed by atoms with E-state index in [-0.39, 0.29) is 6.04 Å². The van der Waals surface area contributed by atoms with Gasteiger partial charge in [-0.1, -0.05) is 6.07 Å². The molecule has 0 aromatic carbocycles. The van der Waals surface area contributed by atoms with E-state index in [9.17, 15) is 0 Å². The van der Waals surface area contributed by atoms with E-state index in [4.69, 9.17) is 0 Å². The van der Waals surface area contributed by atoms with Crippen LogP contribution < -0.4 is 5.32 Å². The lowest BCUT2D eigenvalue weighted by Crippen LogP contribution is -2.15. The van der Waals surface area contributed by atoms with Crippen LogP contribution in [0.1, 0.15) is 29.9 Å². The monoisotopic (exact) mass is 242 g/mol. The van der Waals surface area contributed by atoms with Crippen LogP contribution in [-0.2, 0) is 0 Å². The minimum atomic E-state index is 0.254. The highest BCUT2D eigenvalue weighted by Gasteiger charge is 2.10. The van der Waals surface area contributed by atoms with E-state index >= 15 is 0 Å². The number of nitrogens with one attached hydrogen (secondary N) is 1. The summed E-state index contributed by atoms with van der Waals surface area (Å²) in [5.74, 6) is 0.684. The van der Waals surface area contributed by atoms with Gasteiger partial charge in [-0.15, -0.1) is 0 Å². The Kier molecular flexibility index (Phi) is 3.67. The van der Waals surface area contributed by atoms with Crippen molar-refractivity contribution in [2.45, 2.75) is 26.8 Å². The van der Waals surface area contributed by atoms with Crippen molar-refractivity contribution in [3.8, 4) is 11.5 Å². The number of hydrogen-bond donors (Lipinski definition) is 1. The van der Waals surface area contributed by atoms with Crippen molar-refractivity contribution in [1.29, 1.82) is 0 Å². The molecule has 4 nitrogen and oxygen atoms in total. The van der Waals surface area contributed by atoms with Crippen LogP contribution in [0.2, 0.25) is 0 Å². The second-order valence-electron chi connectivity index (χ2n) is 4.41. The van der Waals surface area contributed by atoms with Crippen LogP contribution in [0, 0.1) is 13.8 Å². The van der Waals surface area contributed by atoms with Crippen LogP contribution in [0.5, 0.6) is 0 Å². The molecular formula is C14H18N4. The summed E-state index contributed by atoms with van der Waals surface area (Å²) in [5.41, 5.74) is 3.90. The number of hydrogen-bond acceptors (Lipinski definition) is 4. The first kappa shape index (κ1) is 12.6. The molecule has 0 fully saturated rings. The molecule has 2 heterocycles. The largest absolute Gasteiger partial charge is 0.313 e. The Balaban J connectivity index is 2.40. The number of aryl methyl sites for hydroxylation is 2. The normalized spacial score (nSPS) is 12.4. The van der Waals surface area contributed by atoms with Gasteiger partial charge in [0, 0.05) is 29.2 Å². The minimum Gasteiger partial charge on any atom is -0.313 e. The van der Waals surface area contributed by atoms with Crippen LogP contribution in [-0.4, -0.2) is 22.0 Å². The lowest BCUT2D eigenvalue weighted by atomic mass is 10.1. The highest BCUT2D eigenvalue weighted by Crippen LogP contribution is 2.18. The Labute approximate surface area is 108 Å². The van der Waals surface area contributed by atoms with Crippen molar-refractivity contribution in [3.63, 3.8) is 0 Å². The lowest BCUT2D eigenvalue weighted by molar-refractivity contribution is 0.641. The molecular weight excluding hydrogens is 224 g/mol. The molecule has 0 saturated carbocycles. The van der Waals surface area contributed by atoms with E-state index in [1.165, 1.54) is 0 Å². The lowest BCUT2D eigenvalue weighted by Gasteiger charge is -2.13. The van der Waals surface area contributed by atoms with E-state index in [1.54, 1.807) is 0 Å². The summed E-state index contributed by atoms with van der Waals surface area (Å²) in [6.07, 6.45) is 1.88. The van der Waals surface area contributed by atoms with E-state index in [2.05, 4.69) is 27.2 Å². The second kappa shape index (κ2) is 5.23. The van der Waals surface area contributed by atoms with Gasteiger partial charge in [0.25, 0.3) is 0 Å². The summed E-state index contributed by atoms with van der Waals surface area (Å²) < 4.78 is 0. The van der Waals surface area contributed by atoms with E-state index in [1.807, 2.05) is 45.3 Å². The van der Waals surface area contributed by atoms with Crippen molar-refractivity contribution in [2.75, 3.05) is 7.05 Å². The van der Waals surface area contributed by atoms with Gasteiger partial charge in [-0.3, -0.25) is 0 Å². The van der Waals surface area contributed by atoms with Crippen molar-refractivity contribution >= 4 is 0 Å². The van der Waals surface area contributed by atoms with E-state index in [0.29, 0.717) is 5.82 Å². The minimum absolute atomic E-state index is 0.254. The second-order valence-corrected chi connectivity index (χ2v) is 4.41. The topological polar surface area (TPSA) is 50.7 Å². The molecule has 1 unspecified atom stereocenters. The molecule has 0 amide bonds. The Morgan fingerprint density at radius 1 is 1.17 bits per heavy atom. The third-order valence-electron chi connectivity index (χ3n) is 3.03. The quantitative estimate of drug-likeness (QED) is 0.898. The zero-order valence-electron chi connectivity index (χ0n) is 11.2. The molecule has 0 aliphatic rings. The average Bonchev–Trinajstić information content (AvgIpc) is 2.37. The molecule has 1 atom stereocenters. The predicted molar refractivity (Wildman–Crippen MR) is 72.2 cm³/mol. The summed E-state index contributed by atoms with van der Waals surface area (Å²) in [5, 5.41) is 3.19. The first-order valence-electron chi connectivity index (χ1n) is 6.06. The molecule has 0 saturated heterocycles. The molecule has 94 valence electrons. The van der Waals surface area contributed by atoms with Crippen LogP contribution in [0.25, 0.3) is 11.5 Å². The van der Waals surface area contributed by atoms with Gasteiger partial charge in [0.2, 0.25) is 0 Å². The van der Waals surface area contributed by atoms with Crippen molar-refractivity contribution in [2.24, 2.45) is 0 Å². The summed E-state index contributed by atoms with van der Waals surface area (Å²) in [4.78, 5) is 13.4. The Bertz CT molecular complexity index is 551. The van der Waals surface area contributed by atoms with Gasteiger partial charge in [-0.05, 0) is 40.0 Å². The first-order valence-corrected chi connectivity index (χ1v) is 6.06. The molecule has 0 aliphatic carbocycles. The molecule has 4 heteroatoms. The SMILES string of the molecule is CNC(C)c1cnc(-c2cccc(C)n2)nc1C. The zero-order chi connectivity index (χ0) is 13.1. The average molecular weight is 242 g/mol. The molecule has 0 radical (unpaired) electrons. The maximum atomic E-state index is 4.54. The number of nitrogens with zero attached hydrogens (tertiary/aromatic N) is 3. The summed E-state index contributed by atoms with van der Waals surface area (Å²) in [6.45, 7) is 6.06. The van der Waals surface area contributed by atoms with E-state index < -0.39 is 0 Å². The van der Waals surface area contributed by atoms with Gasteiger partial charge in [-0.25, -0.2) is 15.0 Å². The smallest absolute Gasteiger partial charge is 0.178 e. The van der Waals surface area contributed by atoms with Gasteiger partial charge >= 0.3 is 0 Å². The van der Waals surface area contributed by atoms with Crippen LogP contribution in [0.4, 0.5) is 0 Å². The number of rotatable bonds is 3. The third-order valence-corrected chi connectivity index (χ3v) is 3.03. The van der Waals surface area contributed by atoms with E-state index in [0.717, 1.165) is 22.6 Å². The molecule has 2 aromatic heterocycles. The highest BCUT2D eigenvalue weighted by molar-refractivity contribution is 5.49. The van der Waals surface area contributed by atoms with Crippen molar-refractivity contribution < 1.29 is 0 Å². The number of aromatic nitrogens is 3. The van der Waals surface area contributed by atoms with Gasteiger partial charge in [0.1, 0.15) is 5.69 Å². The number of pyridine rings is 1. The standard InChI is InChI=1S/C14H18N4/c1-9-6-5-7-13(17-9)14-16-8-12(10(2)15-4)11(3)18-14/h5-8,10,15H,1-4H3. The fourth-order valence-corrected chi connectivity index (χ4v) is 1.85. The van der Waals surface area contributed by atoms with Gasteiger partial charge in [0.05, 0.1) is 0 Å². The highest BCUT2D eigenvalue weighted by atomic mass is 14.9. The van der Waals surface area contributed by atoms with Crippen LogP contribution >= 0.6 is 0 Å². The van der Waals surface area contributed by atoms with Gasteiger partial charge in [0.15, 0.2) is 5.82 Å². The summed E-state index contributed by atoms with van der Waals surface area (Å²) in [7, 11) is 1.93. The molecule has 0 bridgehead atoms. The maximum absolute atomic E-state index is 4.54. The van der Waals surface area contributed by atoms with Gasteiger partial charge < -0.3 is 5.32 Å². The Morgan fingerprint density at radius 2 is 1.94 bits per heavy atom. The molecule has 18 heavy (non-hydrogen) atoms. The Hall–Kier alpha value is -1.81. The molecule has 1 N–H and O–H groups in total. The predicted octanol–water partition coefficient (Wildman–Crippen LogP) is 2.44. The third kappa shape index (κ3) is 2.54. The van der Waals surface area contributed by atoms with Crippen molar-refractivity contribution in [3.05, 3.63) is 41.3 Å². The summed E-state index contributed by atoms with van der Waals surface area (Å²) >= 11 is 0. The fourth-order valence-electron chi connectivity index (χ4n) is 1.85. The summed E-state index contributed by atoms with van der Waals surface area (Å²) in [6, 6.07) is 6.13. The van der Waals surface area contributed by atoms with Crippen LogP contribution in [0.3, 0.4) is 0 Å². The molecule has 0 spiro atoms. The van der Waals surface area contributed by atoms with Crippen molar-refractivity contribution in [1.82, 2.24) is 20.3 Å². The zero-order valence-corrected chi connectivity index (χ0v) is 11.2. The van der Waals surface area contributed by atoms with Gasteiger partial charge in [-0.2, -0.15) is 0 Å². The molecule has 2 aromatic rings. The fraction of sp³-hybridized carbons (Fsp3) is 0.357. The maximum Gasteiger partial charge on any atom is 0.178 e. The molecule has 0 aliphatic heterocycles. The Morgan fingerprint density at radius 3 is 2.56 bits per heavy atom. The van der Waals surface area contributed by atoms with Crippen LogP contribution in [0.15, 0.2) is 24.4 Å².